The van der Waals surface area contributed by atoms with Gasteiger partial charge in [-0.2, -0.15) is 13.2 Å². The van der Waals surface area contributed by atoms with Crippen LogP contribution in [0.2, 0.25) is 5.02 Å². The van der Waals surface area contributed by atoms with Crippen molar-refractivity contribution in [3.05, 3.63) is 34.3 Å². The molecular formula is C10H8ClF3O3. The van der Waals surface area contributed by atoms with Crippen LogP contribution in [0.25, 0.3) is 0 Å². The van der Waals surface area contributed by atoms with Crippen LogP contribution in [0.3, 0.4) is 0 Å². The molecule has 0 saturated heterocycles. The predicted octanol–water partition coefficient (Wildman–Crippen LogP) is 2.57. The zero-order chi connectivity index (χ0) is 13.2. The summed E-state index contributed by atoms with van der Waals surface area (Å²) < 4.78 is 42.1. The summed E-state index contributed by atoms with van der Waals surface area (Å²) in [4.78, 5) is 11.0. The van der Waals surface area contributed by atoms with Gasteiger partial charge < -0.3 is 9.84 Å². The van der Waals surface area contributed by atoms with E-state index in [0.29, 0.717) is 6.07 Å². The number of benzene rings is 1. The van der Waals surface area contributed by atoms with Gasteiger partial charge in [0.2, 0.25) is 0 Å². The molecule has 0 saturated carbocycles. The lowest BCUT2D eigenvalue weighted by molar-refractivity contribution is -0.152. The lowest BCUT2D eigenvalue weighted by Crippen LogP contribution is -2.18. The summed E-state index contributed by atoms with van der Waals surface area (Å²) in [5.74, 6) is -1.17. The molecule has 7 heteroatoms. The molecule has 0 aliphatic carbocycles. The van der Waals surface area contributed by atoms with Gasteiger partial charge in [0, 0.05) is 10.6 Å². The van der Waals surface area contributed by atoms with Crippen molar-refractivity contribution in [1.82, 2.24) is 0 Å². The second-order valence-electron chi connectivity index (χ2n) is 3.16. The van der Waals surface area contributed by atoms with Crippen LogP contribution in [-0.4, -0.2) is 18.2 Å². The standard InChI is InChI=1S/C10H8ClF3O3/c1-17-9(16)8(15)6-3-2-5(11)4-7(6)10(12,13)14/h2-4,8,15H,1H3. The maximum Gasteiger partial charge on any atom is 0.416 e. The molecule has 0 radical (unpaired) electrons. The molecule has 3 nitrogen and oxygen atoms in total. The molecule has 0 heterocycles. The summed E-state index contributed by atoms with van der Waals surface area (Å²) in [6.45, 7) is 0. The van der Waals surface area contributed by atoms with E-state index in [2.05, 4.69) is 4.74 Å². The van der Waals surface area contributed by atoms with Gasteiger partial charge in [0.05, 0.1) is 12.7 Å². The van der Waals surface area contributed by atoms with Gasteiger partial charge in [-0.15, -0.1) is 0 Å². The summed E-state index contributed by atoms with van der Waals surface area (Å²) in [6.07, 6.45) is -6.70. The highest BCUT2D eigenvalue weighted by atomic mass is 35.5. The number of ether oxygens (including phenoxy) is 1. The van der Waals surface area contributed by atoms with Crippen molar-refractivity contribution in [3.8, 4) is 0 Å². The van der Waals surface area contributed by atoms with Crippen molar-refractivity contribution in [2.24, 2.45) is 0 Å². The highest BCUT2D eigenvalue weighted by Crippen LogP contribution is 2.36. The molecule has 0 fully saturated rings. The Morgan fingerprint density at radius 3 is 2.53 bits per heavy atom. The number of hydrogen-bond acceptors (Lipinski definition) is 3. The predicted molar refractivity (Wildman–Crippen MR) is 53.4 cm³/mol. The molecule has 1 atom stereocenters. The van der Waals surface area contributed by atoms with Gasteiger partial charge >= 0.3 is 12.1 Å². The van der Waals surface area contributed by atoms with E-state index >= 15 is 0 Å². The molecule has 94 valence electrons. The third-order valence-electron chi connectivity index (χ3n) is 2.04. The van der Waals surface area contributed by atoms with Gasteiger partial charge in [-0.1, -0.05) is 17.7 Å². The molecule has 1 unspecified atom stereocenters. The van der Waals surface area contributed by atoms with Crippen LogP contribution in [0.4, 0.5) is 13.2 Å². The van der Waals surface area contributed by atoms with E-state index in [9.17, 15) is 23.1 Å². The Bertz CT molecular complexity index is 431. The average Bonchev–Trinajstić information content (AvgIpc) is 2.25. The fourth-order valence-electron chi connectivity index (χ4n) is 1.25. The molecular weight excluding hydrogens is 261 g/mol. The summed E-state index contributed by atoms with van der Waals surface area (Å²) in [5.41, 5.74) is -1.75. The van der Waals surface area contributed by atoms with Crippen molar-refractivity contribution in [2.45, 2.75) is 12.3 Å². The number of aliphatic hydroxyl groups excluding tert-OH is 1. The largest absolute Gasteiger partial charge is 0.467 e. The molecule has 1 aromatic rings. The summed E-state index contributed by atoms with van der Waals surface area (Å²) in [6, 6.07) is 2.73. The smallest absolute Gasteiger partial charge is 0.416 e. The van der Waals surface area contributed by atoms with Crippen LogP contribution in [0.5, 0.6) is 0 Å². The summed E-state index contributed by atoms with van der Waals surface area (Å²) >= 11 is 5.44. The Morgan fingerprint density at radius 2 is 2.06 bits per heavy atom. The molecule has 17 heavy (non-hydrogen) atoms. The van der Waals surface area contributed by atoms with Crippen molar-refractivity contribution in [3.63, 3.8) is 0 Å². The van der Waals surface area contributed by atoms with Crippen LogP contribution in [0.1, 0.15) is 17.2 Å². The fourth-order valence-corrected chi connectivity index (χ4v) is 1.42. The molecule has 1 N–H and O–H groups in total. The molecule has 0 spiro atoms. The number of esters is 1. The molecule has 1 rings (SSSR count). The number of halogens is 4. The molecule has 0 aliphatic rings. The van der Waals surface area contributed by atoms with Gasteiger partial charge in [0.25, 0.3) is 0 Å². The topological polar surface area (TPSA) is 46.5 Å². The molecule has 1 aromatic carbocycles. The Kier molecular flexibility index (Phi) is 4.00. The highest BCUT2D eigenvalue weighted by molar-refractivity contribution is 6.30. The third kappa shape index (κ3) is 3.10. The maximum atomic E-state index is 12.6. The molecule has 0 amide bonds. The van der Waals surface area contributed by atoms with Gasteiger partial charge in [0.1, 0.15) is 0 Å². The van der Waals surface area contributed by atoms with E-state index in [1.165, 1.54) is 0 Å². The van der Waals surface area contributed by atoms with Crippen molar-refractivity contribution in [1.29, 1.82) is 0 Å². The van der Waals surface area contributed by atoms with E-state index in [4.69, 9.17) is 11.6 Å². The van der Waals surface area contributed by atoms with Gasteiger partial charge in [0.15, 0.2) is 6.10 Å². The number of carbonyl (C=O) groups excluding carboxylic acids is 1. The van der Waals surface area contributed by atoms with E-state index in [1.54, 1.807) is 0 Å². The zero-order valence-electron chi connectivity index (χ0n) is 8.58. The monoisotopic (exact) mass is 268 g/mol. The van der Waals surface area contributed by atoms with Crippen molar-refractivity contribution in [2.75, 3.05) is 7.11 Å². The summed E-state index contributed by atoms with van der Waals surface area (Å²) in [5, 5.41) is 9.27. The van der Waals surface area contributed by atoms with E-state index < -0.39 is 29.4 Å². The zero-order valence-corrected chi connectivity index (χ0v) is 9.34. The van der Waals surface area contributed by atoms with E-state index in [0.717, 1.165) is 19.2 Å². The van der Waals surface area contributed by atoms with Crippen LogP contribution >= 0.6 is 11.6 Å². The fraction of sp³-hybridized carbons (Fsp3) is 0.300. The first-order valence-electron chi connectivity index (χ1n) is 4.40. The Labute approximate surface area is 99.8 Å². The Hall–Kier alpha value is -1.27. The SMILES string of the molecule is COC(=O)C(O)c1ccc(Cl)cc1C(F)(F)F. The minimum absolute atomic E-state index is 0.141. The van der Waals surface area contributed by atoms with Crippen LogP contribution in [-0.2, 0) is 15.7 Å². The van der Waals surface area contributed by atoms with Gasteiger partial charge in [-0.05, 0) is 12.1 Å². The number of methoxy groups -OCH3 is 1. The van der Waals surface area contributed by atoms with E-state index in [1.807, 2.05) is 0 Å². The lowest BCUT2D eigenvalue weighted by Gasteiger charge is -2.16. The number of carbonyl (C=O) groups is 1. The van der Waals surface area contributed by atoms with Crippen LogP contribution in [0, 0.1) is 0 Å². The normalized spacial score (nSPS) is 13.3. The second-order valence-corrected chi connectivity index (χ2v) is 3.59. The maximum absolute atomic E-state index is 12.6. The first-order valence-corrected chi connectivity index (χ1v) is 4.77. The summed E-state index contributed by atoms with van der Waals surface area (Å²) in [7, 11) is 0.967. The molecule has 0 bridgehead atoms. The number of hydrogen-bond donors (Lipinski definition) is 1. The third-order valence-corrected chi connectivity index (χ3v) is 2.27. The molecule has 0 aliphatic heterocycles. The average molecular weight is 269 g/mol. The number of alkyl halides is 3. The van der Waals surface area contributed by atoms with Gasteiger partial charge in [-0.3, -0.25) is 0 Å². The number of rotatable bonds is 2. The van der Waals surface area contributed by atoms with Crippen LogP contribution < -0.4 is 0 Å². The first kappa shape index (κ1) is 13.8. The first-order chi connectivity index (χ1) is 7.77. The number of aliphatic hydroxyl groups is 1. The van der Waals surface area contributed by atoms with Crippen LogP contribution in [0.15, 0.2) is 18.2 Å². The lowest BCUT2D eigenvalue weighted by atomic mass is 10.0. The Balaban J connectivity index is 3.29. The second kappa shape index (κ2) is 4.93. The molecule has 0 aromatic heterocycles. The minimum atomic E-state index is -4.71. The van der Waals surface area contributed by atoms with Crippen molar-refractivity contribution < 1.29 is 27.8 Å². The van der Waals surface area contributed by atoms with Gasteiger partial charge in [-0.25, -0.2) is 4.79 Å². The minimum Gasteiger partial charge on any atom is -0.467 e. The van der Waals surface area contributed by atoms with E-state index in [-0.39, 0.29) is 5.02 Å². The Morgan fingerprint density at radius 1 is 1.47 bits per heavy atom. The quantitative estimate of drug-likeness (QED) is 0.839. The highest BCUT2D eigenvalue weighted by Gasteiger charge is 2.37. The van der Waals surface area contributed by atoms with Crippen molar-refractivity contribution >= 4 is 17.6 Å².